The maximum Gasteiger partial charge on any atom is 0.194 e. The fraction of sp³-hybridized carbons (Fsp3) is 0.692. The largest absolute Gasteiger partial charge is 0.443 e. The van der Waals surface area contributed by atoms with Gasteiger partial charge in [0, 0.05) is 13.0 Å². The van der Waals surface area contributed by atoms with E-state index in [2.05, 4.69) is 15.3 Å². The predicted molar refractivity (Wildman–Crippen MR) is 71.3 cm³/mol. The van der Waals surface area contributed by atoms with Crippen LogP contribution in [-0.4, -0.2) is 17.5 Å². The first-order valence-corrected chi connectivity index (χ1v) is 6.68. The molecule has 5 nitrogen and oxygen atoms in total. The van der Waals surface area contributed by atoms with Crippen LogP contribution < -0.4 is 11.1 Å². The van der Waals surface area contributed by atoms with Crippen LogP contribution in [0, 0.1) is 12.8 Å². The van der Waals surface area contributed by atoms with Crippen molar-refractivity contribution >= 4 is 5.96 Å². The summed E-state index contributed by atoms with van der Waals surface area (Å²) in [6.45, 7) is 5.35. The first kappa shape index (κ1) is 12.9. The maximum absolute atomic E-state index is 5.81. The van der Waals surface area contributed by atoms with Gasteiger partial charge in [-0.25, -0.2) is 9.98 Å². The Kier molecular flexibility index (Phi) is 4.23. The fourth-order valence-electron chi connectivity index (χ4n) is 1.94. The normalized spacial score (nSPS) is 16.7. The number of hydrogen-bond donors (Lipinski definition) is 2. The van der Waals surface area contributed by atoms with Gasteiger partial charge in [-0.05, 0) is 25.7 Å². The summed E-state index contributed by atoms with van der Waals surface area (Å²) >= 11 is 0. The summed E-state index contributed by atoms with van der Waals surface area (Å²) < 4.78 is 5.57. The highest BCUT2D eigenvalue weighted by molar-refractivity contribution is 5.77. The number of hydrogen-bond acceptors (Lipinski definition) is 3. The van der Waals surface area contributed by atoms with Gasteiger partial charge in [0.05, 0.1) is 5.69 Å². The van der Waals surface area contributed by atoms with E-state index in [1.807, 2.05) is 13.8 Å². The summed E-state index contributed by atoms with van der Waals surface area (Å²) in [7, 11) is 0. The predicted octanol–water partition coefficient (Wildman–Crippen LogP) is 1.75. The highest BCUT2D eigenvalue weighted by atomic mass is 16.4. The zero-order valence-electron chi connectivity index (χ0n) is 11.2. The SMILES string of the molecule is CCc1nc(C)c(CN=C(N)NCC2CCC2)o1. The minimum Gasteiger partial charge on any atom is -0.443 e. The second kappa shape index (κ2) is 5.89. The number of oxazole rings is 1. The standard InChI is InChI=1S/C13H22N4O/c1-3-12-17-9(2)11(18-12)8-16-13(14)15-7-10-5-4-6-10/h10H,3-8H2,1-2H3,(H3,14,15,16). The molecule has 3 N–H and O–H groups in total. The van der Waals surface area contributed by atoms with E-state index in [4.69, 9.17) is 10.2 Å². The number of aryl methyl sites for hydroxylation is 2. The molecule has 18 heavy (non-hydrogen) atoms. The lowest BCUT2D eigenvalue weighted by atomic mass is 9.85. The number of guanidine groups is 1. The minimum absolute atomic E-state index is 0.461. The Balaban J connectivity index is 1.82. The summed E-state index contributed by atoms with van der Waals surface area (Å²) in [6.07, 6.45) is 4.77. The Bertz CT molecular complexity index is 421. The molecule has 0 atom stereocenters. The van der Waals surface area contributed by atoms with Crippen LogP contribution in [0.3, 0.4) is 0 Å². The number of nitrogens with one attached hydrogen (secondary N) is 1. The van der Waals surface area contributed by atoms with Crippen molar-refractivity contribution in [3.05, 3.63) is 17.3 Å². The van der Waals surface area contributed by atoms with E-state index in [-0.39, 0.29) is 0 Å². The van der Waals surface area contributed by atoms with Crippen LogP contribution in [-0.2, 0) is 13.0 Å². The molecular weight excluding hydrogens is 228 g/mol. The summed E-state index contributed by atoms with van der Waals surface area (Å²) in [5.74, 6) is 2.84. The van der Waals surface area contributed by atoms with Crippen LogP contribution in [0.15, 0.2) is 9.41 Å². The average Bonchev–Trinajstić information content (AvgIpc) is 2.65. The molecule has 0 spiro atoms. The minimum atomic E-state index is 0.461. The molecule has 0 aromatic carbocycles. The number of aromatic nitrogens is 1. The molecule has 1 aliphatic rings. The van der Waals surface area contributed by atoms with Gasteiger partial charge in [0.25, 0.3) is 0 Å². The summed E-state index contributed by atoms with van der Waals surface area (Å²) in [4.78, 5) is 8.59. The Labute approximate surface area is 108 Å². The lowest BCUT2D eigenvalue weighted by Gasteiger charge is -2.25. The molecule has 2 rings (SSSR count). The molecule has 1 saturated carbocycles. The van der Waals surface area contributed by atoms with Crippen molar-refractivity contribution in [1.82, 2.24) is 10.3 Å². The molecule has 1 aromatic heterocycles. The van der Waals surface area contributed by atoms with Crippen LogP contribution in [0.4, 0.5) is 0 Å². The zero-order chi connectivity index (χ0) is 13.0. The third-order valence-corrected chi connectivity index (χ3v) is 3.43. The molecule has 0 amide bonds. The molecular formula is C13H22N4O. The molecule has 1 heterocycles. The van der Waals surface area contributed by atoms with Crippen LogP contribution in [0.1, 0.15) is 43.5 Å². The molecule has 100 valence electrons. The van der Waals surface area contributed by atoms with E-state index in [9.17, 15) is 0 Å². The highest BCUT2D eigenvalue weighted by Crippen LogP contribution is 2.24. The molecule has 0 radical (unpaired) electrons. The molecule has 1 aliphatic carbocycles. The Morgan fingerprint density at radius 1 is 1.56 bits per heavy atom. The number of nitrogens with zero attached hydrogens (tertiary/aromatic N) is 2. The van der Waals surface area contributed by atoms with Crippen molar-refractivity contribution in [2.24, 2.45) is 16.6 Å². The first-order valence-electron chi connectivity index (χ1n) is 6.68. The summed E-state index contributed by atoms with van der Waals surface area (Å²) in [6, 6.07) is 0. The van der Waals surface area contributed by atoms with Crippen molar-refractivity contribution in [2.75, 3.05) is 6.54 Å². The average molecular weight is 250 g/mol. The van der Waals surface area contributed by atoms with Crippen LogP contribution in [0.25, 0.3) is 0 Å². The molecule has 0 saturated heterocycles. The van der Waals surface area contributed by atoms with Gasteiger partial charge in [0.15, 0.2) is 11.9 Å². The Morgan fingerprint density at radius 2 is 2.33 bits per heavy atom. The van der Waals surface area contributed by atoms with E-state index in [0.29, 0.717) is 12.5 Å². The topological polar surface area (TPSA) is 76.4 Å². The van der Waals surface area contributed by atoms with Crippen molar-refractivity contribution in [3.63, 3.8) is 0 Å². The third kappa shape index (κ3) is 3.24. The lowest BCUT2D eigenvalue weighted by Crippen LogP contribution is -2.37. The first-order chi connectivity index (χ1) is 8.69. The van der Waals surface area contributed by atoms with Crippen molar-refractivity contribution < 1.29 is 4.42 Å². The lowest BCUT2D eigenvalue weighted by molar-refractivity contribution is 0.315. The van der Waals surface area contributed by atoms with Crippen LogP contribution in [0.2, 0.25) is 0 Å². The van der Waals surface area contributed by atoms with Crippen LogP contribution >= 0.6 is 0 Å². The molecule has 1 fully saturated rings. The third-order valence-electron chi connectivity index (χ3n) is 3.43. The molecule has 5 heteroatoms. The van der Waals surface area contributed by atoms with E-state index < -0.39 is 0 Å². The second-order valence-electron chi connectivity index (χ2n) is 4.85. The summed E-state index contributed by atoms with van der Waals surface area (Å²) in [5.41, 5.74) is 6.72. The smallest absolute Gasteiger partial charge is 0.194 e. The molecule has 0 unspecified atom stereocenters. The van der Waals surface area contributed by atoms with Crippen molar-refractivity contribution in [2.45, 2.75) is 46.1 Å². The van der Waals surface area contributed by atoms with Gasteiger partial charge in [-0.2, -0.15) is 0 Å². The van der Waals surface area contributed by atoms with Gasteiger partial charge >= 0.3 is 0 Å². The molecule has 0 aliphatic heterocycles. The molecule has 0 bridgehead atoms. The van der Waals surface area contributed by atoms with Crippen molar-refractivity contribution in [1.29, 1.82) is 0 Å². The number of nitrogens with two attached hydrogens (primary N) is 1. The fourth-order valence-corrected chi connectivity index (χ4v) is 1.94. The quantitative estimate of drug-likeness (QED) is 0.616. The van der Waals surface area contributed by atoms with Gasteiger partial charge < -0.3 is 15.5 Å². The van der Waals surface area contributed by atoms with Gasteiger partial charge in [-0.15, -0.1) is 0 Å². The zero-order valence-corrected chi connectivity index (χ0v) is 11.2. The Morgan fingerprint density at radius 3 is 2.89 bits per heavy atom. The summed E-state index contributed by atoms with van der Waals surface area (Å²) in [5, 5.41) is 3.16. The highest BCUT2D eigenvalue weighted by Gasteiger charge is 2.16. The second-order valence-corrected chi connectivity index (χ2v) is 4.85. The van der Waals surface area contributed by atoms with Crippen molar-refractivity contribution in [3.8, 4) is 0 Å². The maximum atomic E-state index is 5.81. The monoisotopic (exact) mass is 250 g/mol. The number of aliphatic imine (C=N–C) groups is 1. The van der Waals surface area contributed by atoms with Gasteiger partial charge in [0.1, 0.15) is 12.3 Å². The molecule has 1 aromatic rings. The number of rotatable bonds is 5. The van der Waals surface area contributed by atoms with Gasteiger partial charge in [-0.1, -0.05) is 13.3 Å². The van der Waals surface area contributed by atoms with E-state index in [1.54, 1.807) is 0 Å². The van der Waals surface area contributed by atoms with Crippen LogP contribution in [0.5, 0.6) is 0 Å². The Hall–Kier alpha value is -1.52. The van der Waals surface area contributed by atoms with E-state index in [0.717, 1.165) is 36.2 Å². The van der Waals surface area contributed by atoms with Gasteiger partial charge in [0.2, 0.25) is 0 Å². The van der Waals surface area contributed by atoms with Gasteiger partial charge in [-0.3, -0.25) is 0 Å². The van der Waals surface area contributed by atoms with E-state index >= 15 is 0 Å². The van der Waals surface area contributed by atoms with E-state index in [1.165, 1.54) is 19.3 Å².